The monoisotopic (exact) mass is 300 g/mol. The molecule has 5 heteroatoms. The molecule has 2 aliphatic rings. The molecule has 0 spiro atoms. The number of thiophene rings is 1. The van der Waals surface area contributed by atoms with E-state index in [1.165, 1.54) is 16.9 Å². The zero-order valence-corrected chi connectivity index (χ0v) is 13.1. The molecule has 2 bridgehead atoms. The Hall–Kier alpha value is -0.580. The summed E-state index contributed by atoms with van der Waals surface area (Å²) in [7, 11) is 0. The molecule has 3 rings (SSSR count). The quantitative estimate of drug-likeness (QED) is 0.865. The number of halogens is 1. The lowest BCUT2D eigenvalue weighted by Crippen LogP contribution is -2.42. The van der Waals surface area contributed by atoms with Crippen LogP contribution in [0.2, 0.25) is 0 Å². The van der Waals surface area contributed by atoms with Gasteiger partial charge < -0.3 is 10.2 Å². The minimum atomic E-state index is 0. The third-order valence-corrected chi connectivity index (χ3v) is 5.41. The Bertz CT molecular complexity index is 441. The minimum Gasteiger partial charge on any atom is -0.331 e. The second kappa shape index (κ2) is 5.81. The standard InChI is InChI=1S/C14H20N2OS.ClH/c1-9-7-13(18-10(9)2)14(17)16-11-3-4-12(16)8-15-6-5-11;/h7,11-12,15H,3-6,8H2,1-2H3;1H. The molecule has 19 heavy (non-hydrogen) atoms. The molecule has 2 unspecified atom stereocenters. The topological polar surface area (TPSA) is 32.3 Å². The van der Waals surface area contributed by atoms with E-state index in [4.69, 9.17) is 0 Å². The Balaban J connectivity index is 0.00000133. The molecule has 2 saturated heterocycles. The van der Waals surface area contributed by atoms with Gasteiger partial charge in [0.15, 0.2) is 0 Å². The van der Waals surface area contributed by atoms with Crippen molar-refractivity contribution < 1.29 is 4.79 Å². The Morgan fingerprint density at radius 1 is 1.32 bits per heavy atom. The van der Waals surface area contributed by atoms with Crippen molar-refractivity contribution in [1.82, 2.24) is 10.2 Å². The van der Waals surface area contributed by atoms with E-state index in [0.717, 1.165) is 30.8 Å². The summed E-state index contributed by atoms with van der Waals surface area (Å²) in [5.74, 6) is 0.257. The van der Waals surface area contributed by atoms with Crippen LogP contribution < -0.4 is 5.32 Å². The maximum Gasteiger partial charge on any atom is 0.264 e. The van der Waals surface area contributed by atoms with E-state index in [-0.39, 0.29) is 18.3 Å². The second-order valence-corrected chi connectivity index (χ2v) is 6.70. The average molecular weight is 301 g/mol. The number of nitrogens with one attached hydrogen (secondary N) is 1. The molecule has 1 amide bonds. The van der Waals surface area contributed by atoms with E-state index in [2.05, 4.69) is 30.1 Å². The van der Waals surface area contributed by atoms with Crippen molar-refractivity contribution in [3.8, 4) is 0 Å². The van der Waals surface area contributed by atoms with E-state index in [1.54, 1.807) is 11.3 Å². The van der Waals surface area contributed by atoms with Crippen LogP contribution in [0.4, 0.5) is 0 Å². The predicted octanol–water partition coefficient (Wildman–Crippen LogP) is 2.75. The number of hydrogen-bond acceptors (Lipinski definition) is 3. The third-order valence-electron chi connectivity index (χ3n) is 4.27. The summed E-state index contributed by atoms with van der Waals surface area (Å²) in [5.41, 5.74) is 1.24. The first kappa shape index (κ1) is 14.8. The van der Waals surface area contributed by atoms with Gasteiger partial charge in [0.05, 0.1) is 4.88 Å². The normalized spacial score (nSPS) is 25.9. The molecule has 2 fully saturated rings. The fourth-order valence-electron chi connectivity index (χ4n) is 3.12. The first-order valence-corrected chi connectivity index (χ1v) is 7.59. The smallest absolute Gasteiger partial charge is 0.264 e. The predicted molar refractivity (Wildman–Crippen MR) is 81.5 cm³/mol. The number of nitrogens with zero attached hydrogens (tertiary/aromatic N) is 1. The van der Waals surface area contributed by atoms with Gasteiger partial charge in [-0.25, -0.2) is 0 Å². The third kappa shape index (κ3) is 2.67. The van der Waals surface area contributed by atoms with Crippen LogP contribution >= 0.6 is 23.7 Å². The molecule has 3 heterocycles. The van der Waals surface area contributed by atoms with E-state index in [0.29, 0.717) is 12.1 Å². The first-order valence-electron chi connectivity index (χ1n) is 6.77. The zero-order chi connectivity index (χ0) is 12.7. The van der Waals surface area contributed by atoms with Crippen LogP contribution in [0.25, 0.3) is 0 Å². The molecule has 2 aliphatic heterocycles. The van der Waals surface area contributed by atoms with Gasteiger partial charge >= 0.3 is 0 Å². The molecule has 3 nitrogen and oxygen atoms in total. The van der Waals surface area contributed by atoms with Crippen LogP contribution in [-0.4, -0.2) is 36.0 Å². The highest BCUT2D eigenvalue weighted by Gasteiger charge is 2.38. The summed E-state index contributed by atoms with van der Waals surface area (Å²) in [6.07, 6.45) is 3.44. The van der Waals surface area contributed by atoms with Gasteiger partial charge in [-0.2, -0.15) is 0 Å². The number of amides is 1. The van der Waals surface area contributed by atoms with E-state index in [9.17, 15) is 4.79 Å². The molecular formula is C14H21ClN2OS. The summed E-state index contributed by atoms with van der Waals surface area (Å²) >= 11 is 1.64. The van der Waals surface area contributed by atoms with Crippen molar-refractivity contribution >= 4 is 29.7 Å². The number of carbonyl (C=O) groups excluding carboxylic acids is 1. The van der Waals surface area contributed by atoms with Gasteiger partial charge in [0, 0.05) is 23.5 Å². The summed E-state index contributed by atoms with van der Waals surface area (Å²) in [6, 6.07) is 2.92. The number of carbonyl (C=O) groups is 1. The average Bonchev–Trinajstić information content (AvgIpc) is 2.78. The highest BCUT2D eigenvalue weighted by atomic mass is 35.5. The minimum absolute atomic E-state index is 0. The van der Waals surface area contributed by atoms with Crippen molar-refractivity contribution in [3.63, 3.8) is 0 Å². The molecule has 0 radical (unpaired) electrons. The van der Waals surface area contributed by atoms with Crippen molar-refractivity contribution in [3.05, 3.63) is 21.4 Å². The molecule has 0 saturated carbocycles. The van der Waals surface area contributed by atoms with Gasteiger partial charge in [-0.1, -0.05) is 0 Å². The Kier molecular flexibility index (Phi) is 4.54. The lowest BCUT2D eigenvalue weighted by molar-refractivity contribution is 0.0685. The van der Waals surface area contributed by atoms with Gasteiger partial charge in [0.1, 0.15) is 0 Å². The fraction of sp³-hybridized carbons (Fsp3) is 0.643. The van der Waals surface area contributed by atoms with Crippen molar-refractivity contribution in [2.24, 2.45) is 0 Å². The highest BCUT2D eigenvalue weighted by molar-refractivity contribution is 7.14. The first-order chi connectivity index (χ1) is 8.66. The van der Waals surface area contributed by atoms with Gasteiger partial charge in [0.25, 0.3) is 5.91 Å². The molecule has 1 aromatic heterocycles. The van der Waals surface area contributed by atoms with Crippen molar-refractivity contribution in [1.29, 1.82) is 0 Å². The van der Waals surface area contributed by atoms with Gasteiger partial charge in [0.2, 0.25) is 0 Å². The van der Waals surface area contributed by atoms with Crippen LogP contribution in [0.15, 0.2) is 6.07 Å². The van der Waals surface area contributed by atoms with Gasteiger partial charge in [-0.15, -0.1) is 23.7 Å². The molecule has 1 N–H and O–H groups in total. The van der Waals surface area contributed by atoms with Crippen LogP contribution in [0.5, 0.6) is 0 Å². The molecule has 2 atom stereocenters. The summed E-state index contributed by atoms with van der Waals surface area (Å²) < 4.78 is 0. The SMILES string of the molecule is Cc1cc(C(=O)N2C3CCNCC2CC3)sc1C.Cl. The van der Waals surface area contributed by atoms with E-state index >= 15 is 0 Å². The second-order valence-electron chi connectivity index (χ2n) is 5.44. The van der Waals surface area contributed by atoms with Crippen LogP contribution in [-0.2, 0) is 0 Å². The van der Waals surface area contributed by atoms with Gasteiger partial charge in [-0.3, -0.25) is 4.79 Å². The maximum atomic E-state index is 12.7. The number of rotatable bonds is 1. The van der Waals surface area contributed by atoms with Crippen LogP contribution in [0, 0.1) is 13.8 Å². The number of hydrogen-bond donors (Lipinski definition) is 1. The van der Waals surface area contributed by atoms with Gasteiger partial charge in [-0.05, 0) is 51.3 Å². The molecular weight excluding hydrogens is 280 g/mol. The Morgan fingerprint density at radius 2 is 2.05 bits per heavy atom. The largest absolute Gasteiger partial charge is 0.331 e. The highest BCUT2D eigenvalue weighted by Crippen LogP contribution is 2.31. The summed E-state index contributed by atoms with van der Waals surface area (Å²) in [5, 5.41) is 3.44. The fourth-order valence-corrected chi connectivity index (χ4v) is 4.10. The molecule has 0 aromatic carbocycles. The maximum absolute atomic E-state index is 12.7. The summed E-state index contributed by atoms with van der Waals surface area (Å²) in [6.45, 7) is 6.19. The number of aryl methyl sites for hydroxylation is 2. The Morgan fingerprint density at radius 3 is 2.74 bits per heavy atom. The van der Waals surface area contributed by atoms with Crippen LogP contribution in [0.3, 0.4) is 0 Å². The van der Waals surface area contributed by atoms with Crippen molar-refractivity contribution in [2.45, 2.75) is 45.2 Å². The van der Waals surface area contributed by atoms with E-state index < -0.39 is 0 Å². The molecule has 0 aliphatic carbocycles. The number of fused-ring (bicyclic) bond motifs is 2. The van der Waals surface area contributed by atoms with Crippen molar-refractivity contribution in [2.75, 3.05) is 13.1 Å². The zero-order valence-electron chi connectivity index (χ0n) is 11.4. The Labute approximate surface area is 124 Å². The lowest BCUT2D eigenvalue weighted by Gasteiger charge is -2.27. The molecule has 1 aromatic rings. The summed E-state index contributed by atoms with van der Waals surface area (Å²) in [4.78, 5) is 17.0. The van der Waals surface area contributed by atoms with Crippen LogP contribution in [0.1, 0.15) is 39.4 Å². The van der Waals surface area contributed by atoms with E-state index in [1.807, 2.05) is 0 Å². The molecule has 106 valence electrons. The lowest BCUT2D eigenvalue weighted by atomic mass is 10.1.